The Morgan fingerprint density at radius 1 is 1.00 bits per heavy atom. The van der Waals surface area contributed by atoms with Crippen molar-refractivity contribution in [1.82, 2.24) is 15.1 Å². The van der Waals surface area contributed by atoms with Crippen LogP contribution in [-0.4, -0.2) is 74.8 Å². The predicted molar refractivity (Wildman–Crippen MR) is 141 cm³/mol. The second-order valence-electron chi connectivity index (χ2n) is 7.80. The maximum atomic E-state index is 5.44. The number of hydrogen-bond acceptors (Lipinski definition) is 5. The van der Waals surface area contributed by atoms with Gasteiger partial charge in [0.15, 0.2) is 5.96 Å². The van der Waals surface area contributed by atoms with E-state index in [0.717, 1.165) is 71.5 Å². The lowest BCUT2D eigenvalue weighted by Gasteiger charge is -2.37. The number of benzene rings is 1. The highest BCUT2D eigenvalue weighted by atomic mass is 127. The summed E-state index contributed by atoms with van der Waals surface area (Å²) in [5, 5.41) is 7.00. The van der Waals surface area contributed by atoms with E-state index in [1.165, 1.54) is 16.1 Å². The van der Waals surface area contributed by atoms with E-state index in [2.05, 4.69) is 68.7 Å². The molecule has 0 amide bonds. The van der Waals surface area contributed by atoms with Gasteiger partial charge in [0.1, 0.15) is 0 Å². The third-order valence-electron chi connectivity index (χ3n) is 5.68. The lowest BCUT2D eigenvalue weighted by atomic mass is 10.1. The highest BCUT2D eigenvalue weighted by molar-refractivity contribution is 14.0. The predicted octanol–water partition coefficient (Wildman–Crippen LogP) is 3.49. The summed E-state index contributed by atoms with van der Waals surface area (Å²) in [6.45, 7) is 12.6. The summed E-state index contributed by atoms with van der Waals surface area (Å²) in [6.07, 6.45) is 0. The molecule has 2 aliphatic heterocycles. The molecule has 8 heteroatoms. The van der Waals surface area contributed by atoms with E-state index in [-0.39, 0.29) is 24.0 Å². The number of morpholine rings is 1. The highest BCUT2D eigenvalue weighted by Gasteiger charge is 2.20. The molecule has 6 nitrogen and oxygen atoms in total. The Balaban J connectivity index is 0.00000272. The normalized spacial score (nSPS) is 18.0. The van der Waals surface area contributed by atoms with Crippen molar-refractivity contribution in [2.24, 2.45) is 4.99 Å². The Morgan fingerprint density at radius 2 is 1.71 bits per heavy atom. The molecule has 3 heterocycles. The van der Waals surface area contributed by atoms with Crippen molar-refractivity contribution in [2.45, 2.75) is 20.0 Å². The van der Waals surface area contributed by atoms with Crippen LogP contribution in [0.1, 0.15) is 18.1 Å². The lowest BCUT2D eigenvalue weighted by Crippen LogP contribution is -2.52. The fourth-order valence-corrected chi connectivity index (χ4v) is 4.73. The van der Waals surface area contributed by atoms with Crippen LogP contribution in [0.25, 0.3) is 0 Å². The first-order valence-corrected chi connectivity index (χ1v) is 11.9. The minimum absolute atomic E-state index is 0. The number of aliphatic imine (C=N–C) groups is 1. The average molecular weight is 556 g/mol. The minimum Gasteiger partial charge on any atom is -0.379 e. The Labute approximate surface area is 207 Å². The van der Waals surface area contributed by atoms with E-state index in [9.17, 15) is 0 Å². The monoisotopic (exact) mass is 555 g/mol. The van der Waals surface area contributed by atoms with Gasteiger partial charge in [-0.2, -0.15) is 0 Å². The van der Waals surface area contributed by atoms with Crippen LogP contribution in [0.2, 0.25) is 0 Å². The van der Waals surface area contributed by atoms with Crippen LogP contribution in [0.5, 0.6) is 0 Å². The van der Waals surface area contributed by atoms with Crippen LogP contribution in [0.3, 0.4) is 0 Å². The molecule has 0 radical (unpaired) electrons. The van der Waals surface area contributed by atoms with Crippen molar-refractivity contribution in [3.63, 3.8) is 0 Å². The SMILES string of the molecule is CCNC(=NCc1ccc(CN2CCOCC2)cc1)N1CCN(c2cccs2)CC1.I. The molecule has 0 spiro atoms. The molecule has 1 aromatic heterocycles. The fourth-order valence-electron chi connectivity index (χ4n) is 3.95. The summed E-state index contributed by atoms with van der Waals surface area (Å²) in [7, 11) is 0. The zero-order valence-electron chi connectivity index (χ0n) is 18.3. The largest absolute Gasteiger partial charge is 0.379 e. The fraction of sp³-hybridized carbons (Fsp3) is 0.522. The van der Waals surface area contributed by atoms with Crippen LogP contribution in [0.4, 0.5) is 5.00 Å². The second kappa shape index (κ2) is 12.6. The van der Waals surface area contributed by atoms with Gasteiger partial charge >= 0.3 is 0 Å². The number of hydrogen-bond donors (Lipinski definition) is 1. The van der Waals surface area contributed by atoms with Crippen molar-refractivity contribution < 1.29 is 4.74 Å². The molecule has 0 aliphatic carbocycles. The summed E-state index contributed by atoms with van der Waals surface area (Å²) in [5.74, 6) is 1.03. The summed E-state index contributed by atoms with van der Waals surface area (Å²) < 4.78 is 5.44. The maximum absolute atomic E-state index is 5.44. The third-order valence-corrected chi connectivity index (χ3v) is 6.61. The van der Waals surface area contributed by atoms with Crippen molar-refractivity contribution >= 4 is 46.3 Å². The van der Waals surface area contributed by atoms with E-state index in [1.54, 1.807) is 0 Å². The van der Waals surface area contributed by atoms with Gasteiger partial charge in [0.25, 0.3) is 0 Å². The average Bonchev–Trinajstić information content (AvgIpc) is 3.34. The zero-order chi connectivity index (χ0) is 20.6. The number of thiophene rings is 1. The van der Waals surface area contributed by atoms with Crippen LogP contribution in [0.15, 0.2) is 46.8 Å². The van der Waals surface area contributed by atoms with Gasteiger partial charge in [-0.05, 0) is 35.6 Å². The number of piperazine rings is 1. The summed E-state index contributed by atoms with van der Waals surface area (Å²) >= 11 is 1.82. The molecule has 2 aromatic rings. The van der Waals surface area contributed by atoms with Crippen molar-refractivity contribution in [3.8, 4) is 0 Å². The van der Waals surface area contributed by atoms with Gasteiger partial charge in [0.2, 0.25) is 0 Å². The number of anilines is 1. The molecule has 2 saturated heterocycles. The van der Waals surface area contributed by atoms with E-state index < -0.39 is 0 Å². The van der Waals surface area contributed by atoms with Gasteiger partial charge in [-0.25, -0.2) is 4.99 Å². The molecule has 2 aliphatic rings. The molecule has 170 valence electrons. The Morgan fingerprint density at radius 3 is 2.35 bits per heavy atom. The topological polar surface area (TPSA) is 43.3 Å². The molecule has 0 bridgehead atoms. The maximum Gasteiger partial charge on any atom is 0.194 e. The second-order valence-corrected chi connectivity index (χ2v) is 8.73. The van der Waals surface area contributed by atoms with E-state index >= 15 is 0 Å². The Kier molecular flexibility index (Phi) is 9.89. The minimum atomic E-state index is 0. The standard InChI is InChI=1S/C23H33N5OS.HI/c1-2-24-23(28-11-9-27(10-12-28)22-4-3-17-30-22)25-18-20-5-7-21(8-6-20)19-26-13-15-29-16-14-26;/h3-8,17H,2,9-16,18-19H2,1H3,(H,24,25);1H. The molecule has 1 N–H and O–H groups in total. The number of guanidine groups is 1. The van der Waals surface area contributed by atoms with Gasteiger partial charge in [-0.15, -0.1) is 35.3 Å². The van der Waals surface area contributed by atoms with Crippen molar-refractivity contribution in [3.05, 3.63) is 52.9 Å². The molecule has 31 heavy (non-hydrogen) atoms. The molecular formula is C23H34IN5OS. The molecule has 1 aromatic carbocycles. The molecular weight excluding hydrogens is 521 g/mol. The first-order valence-electron chi connectivity index (χ1n) is 11.0. The number of ether oxygens (including phenoxy) is 1. The summed E-state index contributed by atoms with van der Waals surface area (Å²) in [6, 6.07) is 13.3. The van der Waals surface area contributed by atoms with Gasteiger partial charge < -0.3 is 19.9 Å². The van der Waals surface area contributed by atoms with Gasteiger partial charge in [-0.3, -0.25) is 4.90 Å². The number of nitrogens with zero attached hydrogens (tertiary/aromatic N) is 4. The quantitative estimate of drug-likeness (QED) is 0.336. The van der Waals surface area contributed by atoms with Crippen LogP contribution in [0, 0.1) is 0 Å². The molecule has 0 atom stereocenters. The van der Waals surface area contributed by atoms with Gasteiger partial charge in [0.05, 0.1) is 24.8 Å². The molecule has 0 saturated carbocycles. The first-order chi connectivity index (χ1) is 14.8. The van der Waals surface area contributed by atoms with Crippen LogP contribution >= 0.6 is 35.3 Å². The van der Waals surface area contributed by atoms with E-state index in [4.69, 9.17) is 9.73 Å². The Hall–Kier alpha value is -1.36. The highest BCUT2D eigenvalue weighted by Crippen LogP contribution is 2.22. The van der Waals surface area contributed by atoms with Crippen molar-refractivity contribution in [2.75, 3.05) is 63.9 Å². The number of rotatable bonds is 6. The van der Waals surface area contributed by atoms with Gasteiger partial charge in [0, 0.05) is 52.4 Å². The number of nitrogens with one attached hydrogen (secondary N) is 1. The smallest absolute Gasteiger partial charge is 0.194 e. The molecule has 0 unspecified atom stereocenters. The Bertz CT molecular complexity index is 785. The lowest BCUT2D eigenvalue weighted by molar-refractivity contribution is 0.0342. The molecule has 2 fully saturated rings. The van der Waals surface area contributed by atoms with Crippen molar-refractivity contribution in [1.29, 1.82) is 0 Å². The van der Waals surface area contributed by atoms with Crippen LogP contribution in [-0.2, 0) is 17.8 Å². The molecule has 4 rings (SSSR count). The number of halogens is 1. The van der Waals surface area contributed by atoms with Crippen LogP contribution < -0.4 is 10.2 Å². The first kappa shape index (κ1) is 24.3. The third kappa shape index (κ3) is 7.06. The van der Waals surface area contributed by atoms with E-state index in [1.807, 2.05) is 11.3 Å². The summed E-state index contributed by atoms with van der Waals surface area (Å²) in [5.41, 5.74) is 2.62. The van der Waals surface area contributed by atoms with Gasteiger partial charge in [-0.1, -0.05) is 24.3 Å². The summed E-state index contributed by atoms with van der Waals surface area (Å²) in [4.78, 5) is 12.2. The van der Waals surface area contributed by atoms with E-state index in [0.29, 0.717) is 6.54 Å². The zero-order valence-corrected chi connectivity index (χ0v) is 21.5.